The van der Waals surface area contributed by atoms with Crippen molar-refractivity contribution in [2.75, 3.05) is 37.7 Å². The average molecular weight is 495 g/mol. The Hall–Kier alpha value is -4.41. The number of benzene rings is 2. The third-order valence-electron chi connectivity index (χ3n) is 6.04. The van der Waals surface area contributed by atoms with Gasteiger partial charge in [0, 0.05) is 44.0 Å². The minimum absolute atomic E-state index is 0.0325. The van der Waals surface area contributed by atoms with Crippen LogP contribution in [0.15, 0.2) is 53.1 Å². The van der Waals surface area contributed by atoms with Crippen molar-refractivity contribution in [3.05, 3.63) is 81.2 Å². The molecule has 1 fully saturated rings. The summed E-state index contributed by atoms with van der Waals surface area (Å²) in [6.45, 7) is 5.43. The van der Waals surface area contributed by atoms with Crippen LogP contribution in [0.5, 0.6) is 5.75 Å². The Morgan fingerprint density at radius 3 is 2.39 bits per heavy atom. The molecule has 1 amide bonds. The van der Waals surface area contributed by atoms with Crippen LogP contribution >= 0.6 is 0 Å². The van der Waals surface area contributed by atoms with E-state index in [0.717, 1.165) is 11.3 Å². The molecule has 0 bridgehead atoms. The SMILES string of the molecule is Cc1noc(C)c1COc1ccccc1C(=O)OCC(=O)N1CCN(c2ccc([N+](=O)[O-])cc2)CC1. The number of hydrogen-bond acceptors (Lipinski definition) is 9. The van der Waals surface area contributed by atoms with E-state index in [4.69, 9.17) is 14.0 Å². The van der Waals surface area contributed by atoms with Gasteiger partial charge in [0.15, 0.2) is 6.61 Å². The molecular formula is C25H26N4O7. The normalized spacial score (nSPS) is 13.4. The number of aryl methyl sites for hydroxylation is 2. The van der Waals surface area contributed by atoms with E-state index < -0.39 is 10.9 Å². The Morgan fingerprint density at radius 2 is 1.75 bits per heavy atom. The van der Waals surface area contributed by atoms with Crippen LogP contribution in [-0.4, -0.2) is 59.6 Å². The number of carbonyl (C=O) groups excluding carboxylic acids is 2. The van der Waals surface area contributed by atoms with Crippen LogP contribution in [0.25, 0.3) is 0 Å². The van der Waals surface area contributed by atoms with Gasteiger partial charge in [-0.05, 0) is 38.1 Å². The monoisotopic (exact) mass is 494 g/mol. The number of non-ortho nitro benzene ring substituents is 1. The predicted octanol–water partition coefficient (Wildman–Crippen LogP) is 3.28. The number of piperazine rings is 1. The molecular weight excluding hydrogens is 468 g/mol. The van der Waals surface area contributed by atoms with E-state index in [1.54, 1.807) is 48.2 Å². The van der Waals surface area contributed by atoms with E-state index in [1.165, 1.54) is 12.1 Å². The van der Waals surface area contributed by atoms with Crippen molar-refractivity contribution in [1.82, 2.24) is 10.1 Å². The second kappa shape index (κ2) is 10.9. The van der Waals surface area contributed by atoms with Gasteiger partial charge in [0.2, 0.25) is 0 Å². The summed E-state index contributed by atoms with van der Waals surface area (Å²) in [5.41, 5.74) is 2.63. The maximum absolute atomic E-state index is 12.7. The van der Waals surface area contributed by atoms with Gasteiger partial charge in [-0.3, -0.25) is 14.9 Å². The highest BCUT2D eigenvalue weighted by Gasteiger charge is 2.24. The van der Waals surface area contributed by atoms with Gasteiger partial charge in [-0.25, -0.2) is 4.79 Å². The van der Waals surface area contributed by atoms with Gasteiger partial charge >= 0.3 is 5.97 Å². The van der Waals surface area contributed by atoms with Gasteiger partial charge in [-0.15, -0.1) is 0 Å². The summed E-state index contributed by atoms with van der Waals surface area (Å²) in [5.74, 6) is 0.0431. The Labute approximate surface area is 207 Å². The zero-order chi connectivity index (χ0) is 25.7. The number of para-hydroxylation sites is 1. The summed E-state index contributed by atoms with van der Waals surface area (Å²) in [6.07, 6.45) is 0. The number of nitrogens with zero attached hydrogens (tertiary/aromatic N) is 4. The quantitative estimate of drug-likeness (QED) is 0.263. The van der Waals surface area contributed by atoms with Gasteiger partial charge < -0.3 is 23.8 Å². The predicted molar refractivity (Wildman–Crippen MR) is 129 cm³/mol. The Morgan fingerprint density at radius 1 is 1.06 bits per heavy atom. The number of ether oxygens (including phenoxy) is 2. The number of aromatic nitrogens is 1. The van der Waals surface area contributed by atoms with Crippen LogP contribution in [-0.2, 0) is 16.1 Å². The maximum Gasteiger partial charge on any atom is 0.342 e. The second-order valence-electron chi connectivity index (χ2n) is 8.31. The molecule has 1 saturated heterocycles. The number of rotatable bonds is 8. The first-order valence-corrected chi connectivity index (χ1v) is 11.4. The van der Waals surface area contributed by atoms with Gasteiger partial charge in [-0.2, -0.15) is 0 Å². The lowest BCUT2D eigenvalue weighted by Gasteiger charge is -2.36. The molecule has 2 heterocycles. The minimum atomic E-state index is -0.651. The fraction of sp³-hybridized carbons (Fsp3) is 0.320. The number of amides is 1. The molecule has 1 aromatic heterocycles. The zero-order valence-electron chi connectivity index (χ0n) is 20.0. The summed E-state index contributed by atoms with van der Waals surface area (Å²) in [6, 6.07) is 13.0. The molecule has 0 unspecified atom stereocenters. The highest BCUT2D eigenvalue weighted by molar-refractivity contribution is 5.94. The van der Waals surface area contributed by atoms with Gasteiger partial charge in [0.1, 0.15) is 23.7 Å². The lowest BCUT2D eigenvalue weighted by atomic mass is 10.2. The Balaban J connectivity index is 1.28. The van der Waals surface area contributed by atoms with Gasteiger partial charge in [0.05, 0.1) is 16.2 Å². The molecule has 11 heteroatoms. The topological polar surface area (TPSA) is 128 Å². The molecule has 1 aliphatic heterocycles. The highest BCUT2D eigenvalue weighted by atomic mass is 16.6. The molecule has 0 saturated carbocycles. The van der Waals surface area contributed by atoms with Crippen molar-refractivity contribution in [3.8, 4) is 5.75 Å². The number of anilines is 1. The van der Waals surface area contributed by atoms with Gasteiger partial charge in [0.25, 0.3) is 11.6 Å². The van der Waals surface area contributed by atoms with Crippen LogP contribution in [0.2, 0.25) is 0 Å². The number of nitro benzene ring substituents is 1. The van der Waals surface area contributed by atoms with Crippen molar-refractivity contribution in [2.24, 2.45) is 0 Å². The average Bonchev–Trinajstić information content (AvgIpc) is 3.22. The van der Waals surface area contributed by atoms with E-state index in [1.807, 2.05) is 11.8 Å². The molecule has 0 N–H and O–H groups in total. The first kappa shape index (κ1) is 24.7. The standard InChI is InChI=1S/C25H26N4O7/c1-17-22(18(2)36-26-17)15-34-23-6-4-3-5-21(23)25(31)35-16-24(30)28-13-11-27(12-14-28)19-7-9-20(10-8-19)29(32)33/h3-10H,11-16H2,1-2H3. The zero-order valence-corrected chi connectivity index (χ0v) is 20.0. The molecule has 2 aromatic carbocycles. The molecule has 0 spiro atoms. The van der Waals surface area contributed by atoms with E-state index >= 15 is 0 Å². The maximum atomic E-state index is 12.7. The first-order valence-electron chi connectivity index (χ1n) is 11.4. The summed E-state index contributed by atoms with van der Waals surface area (Å²) < 4.78 is 16.3. The second-order valence-corrected chi connectivity index (χ2v) is 8.31. The third kappa shape index (κ3) is 5.62. The molecule has 0 aliphatic carbocycles. The lowest BCUT2D eigenvalue weighted by Crippen LogP contribution is -2.49. The van der Waals surface area contributed by atoms with Crippen molar-refractivity contribution >= 4 is 23.3 Å². The number of nitro groups is 1. The van der Waals surface area contributed by atoms with E-state index in [2.05, 4.69) is 5.16 Å². The van der Waals surface area contributed by atoms with Crippen LogP contribution < -0.4 is 9.64 Å². The Kier molecular flexibility index (Phi) is 7.47. The van der Waals surface area contributed by atoms with Crippen LogP contribution in [0.3, 0.4) is 0 Å². The third-order valence-corrected chi connectivity index (χ3v) is 6.04. The summed E-state index contributed by atoms with van der Waals surface area (Å²) >= 11 is 0. The summed E-state index contributed by atoms with van der Waals surface area (Å²) in [4.78, 5) is 39.4. The fourth-order valence-electron chi connectivity index (χ4n) is 3.91. The molecule has 11 nitrogen and oxygen atoms in total. The minimum Gasteiger partial charge on any atom is -0.488 e. The largest absolute Gasteiger partial charge is 0.488 e. The van der Waals surface area contributed by atoms with E-state index in [9.17, 15) is 19.7 Å². The van der Waals surface area contributed by atoms with Crippen molar-refractivity contribution < 1.29 is 28.5 Å². The molecule has 188 valence electrons. The molecule has 4 rings (SSSR count). The first-order chi connectivity index (χ1) is 17.3. The van der Waals surface area contributed by atoms with Crippen LogP contribution in [0.1, 0.15) is 27.4 Å². The van der Waals surface area contributed by atoms with E-state index in [0.29, 0.717) is 43.4 Å². The molecule has 0 atom stereocenters. The van der Waals surface area contributed by atoms with Crippen LogP contribution in [0.4, 0.5) is 11.4 Å². The molecule has 3 aromatic rings. The van der Waals surface area contributed by atoms with Gasteiger partial charge in [-0.1, -0.05) is 17.3 Å². The van der Waals surface area contributed by atoms with E-state index in [-0.39, 0.29) is 30.4 Å². The smallest absolute Gasteiger partial charge is 0.342 e. The summed E-state index contributed by atoms with van der Waals surface area (Å²) in [5, 5.41) is 14.7. The lowest BCUT2D eigenvalue weighted by molar-refractivity contribution is -0.384. The van der Waals surface area contributed by atoms with Crippen molar-refractivity contribution in [3.63, 3.8) is 0 Å². The number of esters is 1. The summed E-state index contributed by atoms with van der Waals surface area (Å²) in [7, 11) is 0. The Bertz CT molecular complexity index is 1230. The molecule has 36 heavy (non-hydrogen) atoms. The molecule has 1 aliphatic rings. The molecule has 0 radical (unpaired) electrons. The van der Waals surface area contributed by atoms with Crippen molar-refractivity contribution in [1.29, 1.82) is 0 Å². The van der Waals surface area contributed by atoms with Crippen molar-refractivity contribution in [2.45, 2.75) is 20.5 Å². The highest BCUT2D eigenvalue weighted by Crippen LogP contribution is 2.23. The number of hydrogen-bond donors (Lipinski definition) is 0. The fourth-order valence-corrected chi connectivity index (χ4v) is 3.91. The van der Waals surface area contributed by atoms with Crippen LogP contribution in [0, 0.1) is 24.0 Å². The number of carbonyl (C=O) groups is 2.